The van der Waals surface area contributed by atoms with Gasteiger partial charge in [-0.3, -0.25) is 0 Å². The van der Waals surface area contributed by atoms with Gasteiger partial charge in [-0.15, -0.1) is 0 Å². The molecule has 0 unspecified atom stereocenters. The van der Waals surface area contributed by atoms with Crippen molar-refractivity contribution in [3.05, 3.63) is 23.9 Å². The maximum Gasteiger partial charge on any atom is 0.133 e. The van der Waals surface area contributed by atoms with E-state index in [1.54, 1.807) is 0 Å². The summed E-state index contributed by atoms with van der Waals surface area (Å²) in [4.78, 5) is 7.06. The molecule has 1 saturated heterocycles. The lowest BCUT2D eigenvalue weighted by Gasteiger charge is -2.39. The quantitative estimate of drug-likeness (QED) is 0.887. The van der Waals surface area contributed by atoms with Gasteiger partial charge in [-0.25, -0.2) is 4.98 Å². The molecule has 0 bridgehead atoms. The van der Waals surface area contributed by atoms with E-state index in [0.29, 0.717) is 5.41 Å². The first-order valence-corrected chi connectivity index (χ1v) is 7.02. The molecule has 2 rings (SSSR count). The van der Waals surface area contributed by atoms with Gasteiger partial charge in [0.25, 0.3) is 0 Å². The number of pyridine rings is 1. The zero-order valence-corrected chi connectivity index (χ0v) is 11.9. The van der Waals surface area contributed by atoms with Crippen LogP contribution in [-0.2, 0) is 6.54 Å². The minimum atomic E-state index is 0.408. The molecule has 3 heteroatoms. The summed E-state index contributed by atoms with van der Waals surface area (Å²) in [6.45, 7) is 11.0. The maximum atomic E-state index is 4.61. The average molecular weight is 247 g/mol. The van der Waals surface area contributed by atoms with Crippen molar-refractivity contribution >= 4 is 5.82 Å². The molecule has 0 spiro atoms. The molecule has 100 valence electrons. The number of rotatable bonds is 4. The summed E-state index contributed by atoms with van der Waals surface area (Å²) in [6, 6.07) is 4.22. The second-order valence-corrected chi connectivity index (χ2v) is 5.96. The normalized spacial score (nSPS) is 18.9. The van der Waals surface area contributed by atoms with Gasteiger partial charge in [-0.1, -0.05) is 26.8 Å². The molecule has 1 fully saturated rings. The van der Waals surface area contributed by atoms with Crippen LogP contribution in [-0.4, -0.2) is 24.6 Å². The molecule has 3 nitrogen and oxygen atoms in total. The molecular formula is C15H25N3. The Kier molecular flexibility index (Phi) is 4.23. The van der Waals surface area contributed by atoms with Crippen LogP contribution in [0.4, 0.5) is 5.82 Å². The van der Waals surface area contributed by atoms with Gasteiger partial charge in [-0.2, -0.15) is 0 Å². The minimum Gasteiger partial charge on any atom is -0.356 e. The molecule has 18 heavy (non-hydrogen) atoms. The van der Waals surface area contributed by atoms with Crippen molar-refractivity contribution in [3.63, 3.8) is 0 Å². The van der Waals surface area contributed by atoms with Crippen molar-refractivity contribution in [3.8, 4) is 0 Å². The van der Waals surface area contributed by atoms with Gasteiger partial charge >= 0.3 is 0 Å². The van der Waals surface area contributed by atoms with Gasteiger partial charge in [-0.05, 0) is 30.9 Å². The summed E-state index contributed by atoms with van der Waals surface area (Å²) in [5.41, 5.74) is 1.72. The molecule has 1 N–H and O–H groups in total. The highest BCUT2D eigenvalue weighted by Crippen LogP contribution is 2.31. The topological polar surface area (TPSA) is 28.2 Å². The first-order chi connectivity index (χ1) is 8.62. The van der Waals surface area contributed by atoms with E-state index in [1.807, 2.05) is 12.3 Å². The van der Waals surface area contributed by atoms with E-state index in [0.717, 1.165) is 26.2 Å². The fourth-order valence-corrected chi connectivity index (χ4v) is 2.72. The Morgan fingerprint density at radius 3 is 3.00 bits per heavy atom. The zero-order chi connectivity index (χ0) is 13.0. The molecular weight excluding hydrogens is 222 g/mol. The second-order valence-electron chi connectivity index (χ2n) is 5.96. The Labute approximate surface area is 111 Å². The van der Waals surface area contributed by atoms with Gasteiger partial charge < -0.3 is 10.2 Å². The minimum absolute atomic E-state index is 0.408. The van der Waals surface area contributed by atoms with Crippen molar-refractivity contribution < 1.29 is 0 Å². The fourth-order valence-electron chi connectivity index (χ4n) is 2.72. The van der Waals surface area contributed by atoms with Crippen molar-refractivity contribution in [2.45, 2.75) is 40.2 Å². The first-order valence-electron chi connectivity index (χ1n) is 7.02. The number of aromatic nitrogens is 1. The van der Waals surface area contributed by atoms with E-state index >= 15 is 0 Å². The van der Waals surface area contributed by atoms with E-state index in [4.69, 9.17) is 0 Å². The molecule has 0 aliphatic carbocycles. The Hall–Kier alpha value is -1.09. The third-order valence-corrected chi connectivity index (χ3v) is 3.63. The van der Waals surface area contributed by atoms with Crippen molar-refractivity contribution in [2.24, 2.45) is 5.41 Å². The van der Waals surface area contributed by atoms with Crippen molar-refractivity contribution in [1.82, 2.24) is 10.3 Å². The summed E-state index contributed by atoms with van der Waals surface area (Å²) < 4.78 is 0. The number of piperidine rings is 1. The molecule has 1 aliphatic heterocycles. The van der Waals surface area contributed by atoms with Gasteiger partial charge in [0, 0.05) is 31.4 Å². The average Bonchev–Trinajstić information content (AvgIpc) is 2.35. The van der Waals surface area contributed by atoms with Crippen LogP contribution in [0.15, 0.2) is 18.3 Å². The molecule has 0 amide bonds. The molecule has 1 aliphatic rings. The van der Waals surface area contributed by atoms with Gasteiger partial charge in [0.15, 0.2) is 0 Å². The highest BCUT2D eigenvalue weighted by molar-refractivity contribution is 5.47. The number of hydrogen-bond donors (Lipinski definition) is 1. The summed E-state index contributed by atoms with van der Waals surface area (Å²) in [5, 5.41) is 3.40. The number of hydrogen-bond acceptors (Lipinski definition) is 3. The van der Waals surface area contributed by atoms with Crippen LogP contribution >= 0.6 is 0 Å². The SMILES string of the molecule is CCNCc1cccnc1N1CCCC(C)(C)C1. The summed E-state index contributed by atoms with van der Waals surface area (Å²) in [7, 11) is 0. The van der Waals surface area contributed by atoms with Crippen LogP contribution in [0.1, 0.15) is 39.2 Å². The van der Waals surface area contributed by atoms with E-state index in [9.17, 15) is 0 Å². The molecule has 2 heterocycles. The smallest absolute Gasteiger partial charge is 0.133 e. The summed E-state index contributed by atoms with van der Waals surface area (Å²) in [5.74, 6) is 1.17. The van der Waals surface area contributed by atoms with Crippen LogP contribution in [0.2, 0.25) is 0 Å². The van der Waals surface area contributed by atoms with Crippen molar-refractivity contribution in [2.75, 3.05) is 24.5 Å². The summed E-state index contributed by atoms with van der Waals surface area (Å²) >= 11 is 0. The van der Waals surface area contributed by atoms with Gasteiger partial charge in [0.05, 0.1) is 0 Å². The lowest BCUT2D eigenvalue weighted by atomic mass is 9.84. The molecule has 0 saturated carbocycles. The van der Waals surface area contributed by atoms with Crippen LogP contribution < -0.4 is 10.2 Å². The number of nitrogens with zero attached hydrogens (tertiary/aromatic N) is 2. The van der Waals surface area contributed by atoms with E-state index in [2.05, 4.69) is 42.0 Å². The molecule has 0 atom stereocenters. The van der Waals surface area contributed by atoms with Crippen LogP contribution in [0.3, 0.4) is 0 Å². The lowest BCUT2D eigenvalue weighted by Crippen LogP contribution is -2.41. The molecule has 1 aromatic heterocycles. The summed E-state index contributed by atoms with van der Waals surface area (Å²) in [6.07, 6.45) is 4.50. The van der Waals surface area contributed by atoms with Crippen LogP contribution in [0.5, 0.6) is 0 Å². The largest absolute Gasteiger partial charge is 0.356 e. The number of anilines is 1. The Balaban J connectivity index is 2.16. The highest BCUT2D eigenvalue weighted by atomic mass is 15.2. The van der Waals surface area contributed by atoms with E-state index in [-0.39, 0.29) is 0 Å². The highest BCUT2D eigenvalue weighted by Gasteiger charge is 2.27. The van der Waals surface area contributed by atoms with Crippen LogP contribution in [0.25, 0.3) is 0 Å². The number of nitrogens with one attached hydrogen (secondary N) is 1. The standard InChI is InChI=1S/C15H25N3/c1-4-16-11-13-7-5-9-17-14(13)18-10-6-8-15(2,3)12-18/h5,7,9,16H,4,6,8,10-12H2,1-3H3. The third-order valence-electron chi connectivity index (χ3n) is 3.63. The Morgan fingerprint density at radius 2 is 2.28 bits per heavy atom. The predicted octanol–water partition coefficient (Wildman–Crippen LogP) is 2.82. The van der Waals surface area contributed by atoms with Gasteiger partial charge in [0.2, 0.25) is 0 Å². The molecule has 0 aromatic carbocycles. The Morgan fingerprint density at radius 1 is 1.44 bits per heavy atom. The monoisotopic (exact) mass is 247 g/mol. The van der Waals surface area contributed by atoms with E-state index in [1.165, 1.54) is 24.2 Å². The van der Waals surface area contributed by atoms with Gasteiger partial charge in [0.1, 0.15) is 5.82 Å². The first kappa shape index (κ1) is 13.3. The fraction of sp³-hybridized carbons (Fsp3) is 0.667. The second kappa shape index (κ2) is 5.70. The zero-order valence-electron chi connectivity index (χ0n) is 11.9. The molecule has 1 aromatic rings. The lowest BCUT2D eigenvalue weighted by molar-refractivity contribution is 0.291. The van der Waals surface area contributed by atoms with Crippen molar-refractivity contribution in [1.29, 1.82) is 0 Å². The third kappa shape index (κ3) is 3.22. The van der Waals surface area contributed by atoms with Crippen LogP contribution in [0, 0.1) is 5.41 Å². The maximum absolute atomic E-state index is 4.61. The predicted molar refractivity (Wildman–Crippen MR) is 76.8 cm³/mol. The van der Waals surface area contributed by atoms with E-state index < -0.39 is 0 Å². The molecule has 0 radical (unpaired) electrons. The Bertz CT molecular complexity index is 387.